The van der Waals surface area contributed by atoms with Crippen molar-refractivity contribution in [3.63, 3.8) is 0 Å². The second-order valence-electron chi connectivity index (χ2n) is 6.02. The van der Waals surface area contributed by atoms with Crippen molar-refractivity contribution in [1.29, 1.82) is 0 Å². The summed E-state index contributed by atoms with van der Waals surface area (Å²) >= 11 is 1.04. The number of nitrogens with zero attached hydrogens (tertiary/aromatic N) is 1. The van der Waals surface area contributed by atoms with Crippen LogP contribution in [-0.4, -0.2) is 37.1 Å². The molecule has 0 bridgehead atoms. The Bertz CT molecular complexity index is 847. The van der Waals surface area contributed by atoms with Gasteiger partial charge in [0.1, 0.15) is 5.75 Å². The van der Waals surface area contributed by atoms with Gasteiger partial charge in [0.05, 0.1) is 34.3 Å². The Hall–Kier alpha value is -2.94. The van der Waals surface area contributed by atoms with Gasteiger partial charge in [-0.3, -0.25) is 19.7 Å². The third-order valence-corrected chi connectivity index (χ3v) is 5.11. The molecule has 0 unspecified atom stereocenters. The van der Waals surface area contributed by atoms with Gasteiger partial charge in [0, 0.05) is 12.6 Å². The van der Waals surface area contributed by atoms with Gasteiger partial charge in [-0.15, -0.1) is 11.3 Å². The van der Waals surface area contributed by atoms with Crippen LogP contribution in [0.25, 0.3) is 0 Å². The van der Waals surface area contributed by atoms with E-state index >= 15 is 0 Å². The number of aryl methyl sites for hydroxylation is 1. The number of amides is 1. The molecule has 2 rings (SSSR count). The number of rotatable bonds is 9. The van der Waals surface area contributed by atoms with E-state index in [0.717, 1.165) is 22.6 Å². The average molecular weight is 406 g/mol. The van der Waals surface area contributed by atoms with Gasteiger partial charge in [-0.05, 0) is 38.0 Å². The Morgan fingerprint density at radius 2 is 1.96 bits per heavy atom. The number of hydrogen-bond acceptors (Lipinski definition) is 7. The number of methoxy groups -OCH3 is 1. The van der Waals surface area contributed by atoms with Crippen molar-refractivity contribution in [2.75, 3.05) is 20.3 Å². The molecule has 1 amide bonds. The first-order chi connectivity index (χ1) is 13.3. The van der Waals surface area contributed by atoms with E-state index in [2.05, 4.69) is 5.32 Å². The summed E-state index contributed by atoms with van der Waals surface area (Å²) in [5, 5.41) is 13.6. The first-order valence-corrected chi connectivity index (χ1v) is 9.50. The molecule has 1 aromatic carbocycles. The summed E-state index contributed by atoms with van der Waals surface area (Å²) in [6.45, 7) is 4.11. The van der Waals surface area contributed by atoms with Gasteiger partial charge < -0.3 is 14.8 Å². The third-order valence-electron chi connectivity index (χ3n) is 4.07. The SMILES string of the molecule is CCOc1ccc(C[C@@H](CNC(=O)c2cc([N+](=O)[O-])c(C)s2)C(=O)OC)cc1. The number of hydrogen-bond donors (Lipinski definition) is 1. The molecular weight excluding hydrogens is 384 g/mol. The van der Waals surface area contributed by atoms with Crippen LogP contribution in [0.5, 0.6) is 5.75 Å². The van der Waals surface area contributed by atoms with Gasteiger partial charge in [0.2, 0.25) is 0 Å². The fourth-order valence-electron chi connectivity index (χ4n) is 2.65. The van der Waals surface area contributed by atoms with Crippen molar-refractivity contribution in [3.05, 3.63) is 55.8 Å². The number of esters is 1. The lowest BCUT2D eigenvalue weighted by molar-refractivity contribution is -0.385. The summed E-state index contributed by atoms with van der Waals surface area (Å²) in [7, 11) is 1.29. The minimum absolute atomic E-state index is 0.0590. The predicted octanol–water partition coefficient (Wildman–Crippen LogP) is 3.13. The standard InChI is InChI=1S/C19H22N2O6S/c1-4-27-15-7-5-13(6-8-15)9-14(19(23)26-3)11-20-18(22)17-10-16(21(24)25)12(2)28-17/h5-8,10,14H,4,9,11H2,1-3H3,(H,20,22)/t14-/m0/s1. The maximum atomic E-state index is 12.3. The first-order valence-electron chi connectivity index (χ1n) is 8.68. The zero-order valence-electron chi connectivity index (χ0n) is 15.9. The molecule has 0 saturated heterocycles. The van der Waals surface area contributed by atoms with Crippen LogP contribution in [0.2, 0.25) is 0 Å². The van der Waals surface area contributed by atoms with Crippen LogP contribution in [0.1, 0.15) is 27.0 Å². The van der Waals surface area contributed by atoms with Gasteiger partial charge in [-0.2, -0.15) is 0 Å². The van der Waals surface area contributed by atoms with Crippen molar-refractivity contribution in [3.8, 4) is 5.75 Å². The summed E-state index contributed by atoms with van der Waals surface area (Å²) in [6.07, 6.45) is 0.378. The maximum Gasteiger partial charge on any atom is 0.310 e. The minimum Gasteiger partial charge on any atom is -0.494 e. The highest BCUT2D eigenvalue weighted by Gasteiger charge is 2.23. The molecule has 28 heavy (non-hydrogen) atoms. The molecule has 8 nitrogen and oxygen atoms in total. The van der Waals surface area contributed by atoms with Crippen LogP contribution in [0.15, 0.2) is 30.3 Å². The molecule has 0 aliphatic carbocycles. The van der Waals surface area contributed by atoms with Crippen molar-refractivity contribution in [2.24, 2.45) is 5.92 Å². The van der Waals surface area contributed by atoms with Gasteiger partial charge in [-0.1, -0.05) is 12.1 Å². The molecule has 150 valence electrons. The number of ether oxygens (including phenoxy) is 2. The molecule has 0 aliphatic heterocycles. The van der Waals surface area contributed by atoms with Crippen LogP contribution in [0.4, 0.5) is 5.69 Å². The van der Waals surface area contributed by atoms with Gasteiger partial charge in [0.25, 0.3) is 11.6 Å². The summed E-state index contributed by atoms with van der Waals surface area (Å²) in [5.74, 6) is -0.740. The lowest BCUT2D eigenvalue weighted by Crippen LogP contribution is -2.34. The summed E-state index contributed by atoms with van der Waals surface area (Å²) in [5.41, 5.74) is 0.810. The van der Waals surface area contributed by atoms with Crippen LogP contribution in [0.3, 0.4) is 0 Å². The fourth-order valence-corrected chi connectivity index (χ4v) is 3.55. The highest BCUT2D eigenvalue weighted by atomic mass is 32.1. The van der Waals surface area contributed by atoms with Crippen molar-refractivity contribution < 1.29 is 24.0 Å². The molecule has 0 spiro atoms. The Morgan fingerprint density at radius 1 is 1.29 bits per heavy atom. The molecule has 1 aromatic heterocycles. The smallest absolute Gasteiger partial charge is 0.310 e. The largest absolute Gasteiger partial charge is 0.494 e. The first kappa shape index (κ1) is 21.4. The van der Waals surface area contributed by atoms with Gasteiger partial charge in [-0.25, -0.2) is 0 Å². The molecule has 1 atom stereocenters. The molecular formula is C19H22N2O6S. The summed E-state index contributed by atoms with van der Waals surface area (Å²) in [4.78, 5) is 35.5. The molecule has 9 heteroatoms. The molecule has 0 radical (unpaired) electrons. The maximum absolute atomic E-state index is 12.3. The second kappa shape index (κ2) is 9.84. The molecule has 1 N–H and O–H groups in total. The van der Waals surface area contributed by atoms with E-state index in [9.17, 15) is 19.7 Å². The number of carbonyl (C=O) groups is 2. The van der Waals surface area contributed by atoms with Crippen molar-refractivity contribution in [1.82, 2.24) is 5.32 Å². The molecule has 1 heterocycles. The van der Waals surface area contributed by atoms with Crippen LogP contribution < -0.4 is 10.1 Å². The minimum atomic E-state index is -0.581. The zero-order valence-corrected chi connectivity index (χ0v) is 16.7. The number of nitrogens with one attached hydrogen (secondary N) is 1. The highest BCUT2D eigenvalue weighted by Crippen LogP contribution is 2.28. The van der Waals surface area contributed by atoms with E-state index in [1.165, 1.54) is 13.2 Å². The summed E-state index contributed by atoms with van der Waals surface area (Å²) < 4.78 is 10.2. The van der Waals surface area contributed by atoms with Crippen molar-refractivity contribution in [2.45, 2.75) is 20.3 Å². The Kier molecular flexibility index (Phi) is 7.51. The quantitative estimate of drug-likeness (QED) is 0.389. The third kappa shape index (κ3) is 5.53. The van der Waals surface area contributed by atoms with Gasteiger partial charge >= 0.3 is 5.97 Å². The van der Waals surface area contributed by atoms with E-state index < -0.39 is 22.7 Å². The predicted molar refractivity (Wildman–Crippen MR) is 105 cm³/mol. The van der Waals surface area contributed by atoms with E-state index in [0.29, 0.717) is 17.9 Å². The van der Waals surface area contributed by atoms with E-state index in [4.69, 9.17) is 9.47 Å². The van der Waals surface area contributed by atoms with Gasteiger partial charge in [0.15, 0.2) is 0 Å². The van der Waals surface area contributed by atoms with E-state index in [-0.39, 0.29) is 17.1 Å². The molecule has 0 aliphatic rings. The molecule has 0 saturated carbocycles. The average Bonchev–Trinajstić information content (AvgIpc) is 3.08. The fraction of sp³-hybridized carbons (Fsp3) is 0.368. The van der Waals surface area contributed by atoms with Crippen LogP contribution >= 0.6 is 11.3 Å². The number of benzene rings is 1. The van der Waals surface area contributed by atoms with Crippen LogP contribution in [0, 0.1) is 23.0 Å². The number of nitro groups is 1. The Balaban J connectivity index is 2.03. The molecule has 2 aromatic rings. The van der Waals surface area contributed by atoms with Crippen LogP contribution in [-0.2, 0) is 16.0 Å². The van der Waals surface area contributed by atoms with Crippen molar-refractivity contribution >= 4 is 28.9 Å². The summed E-state index contributed by atoms with van der Waals surface area (Å²) in [6, 6.07) is 8.59. The number of carbonyl (C=O) groups excluding carboxylic acids is 2. The van der Waals surface area contributed by atoms with E-state index in [1.54, 1.807) is 6.92 Å². The monoisotopic (exact) mass is 406 g/mol. The lowest BCUT2D eigenvalue weighted by Gasteiger charge is -2.15. The Labute approximate surface area is 166 Å². The second-order valence-corrected chi connectivity index (χ2v) is 7.28. The topological polar surface area (TPSA) is 108 Å². The highest BCUT2D eigenvalue weighted by molar-refractivity contribution is 7.14. The lowest BCUT2D eigenvalue weighted by atomic mass is 9.99. The Morgan fingerprint density at radius 3 is 2.50 bits per heavy atom. The zero-order chi connectivity index (χ0) is 20.7. The number of thiophene rings is 1. The van der Waals surface area contributed by atoms with E-state index in [1.807, 2.05) is 31.2 Å². The normalized spacial score (nSPS) is 11.5. The molecule has 0 fully saturated rings.